The number of hydrogen-bond acceptors (Lipinski definition) is 2. The lowest BCUT2D eigenvalue weighted by Crippen LogP contribution is -2.00. The predicted molar refractivity (Wildman–Crippen MR) is 80.2 cm³/mol. The first-order valence-corrected chi connectivity index (χ1v) is 6.62. The summed E-state index contributed by atoms with van der Waals surface area (Å²) in [6, 6.07) is 8.30. The first-order valence-electron chi connectivity index (χ1n) is 5.87. The van der Waals surface area contributed by atoms with Crippen LogP contribution in [0.4, 0.5) is 10.3 Å². The van der Waals surface area contributed by atoms with Crippen molar-refractivity contribution < 1.29 is 4.39 Å². The smallest absolute Gasteiger partial charge is 0.205 e. The lowest BCUT2D eigenvalue weighted by atomic mass is 10.2. The molecule has 2 N–H and O–H groups in total. The van der Waals surface area contributed by atoms with Gasteiger partial charge in [0.1, 0.15) is 5.82 Å². The van der Waals surface area contributed by atoms with E-state index in [1.54, 1.807) is 10.6 Å². The monoisotopic (exact) mass is 309 g/mol. The molecule has 0 spiro atoms. The number of halogens is 3. The van der Waals surface area contributed by atoms with E-state index in [2.05, 4.69) is 4.98 Å². The quantitative estimate of drug-likeness (QED) is 0.725. The van der Waals surface area contributed by atoms with E-state index in [0.29, 0.717) is 16.1 Å². The Hall–Kier alpha value is -1.78. The molecule has 0 saturated heterocycles. The van der Waals surface area contributed by atoms with Crippen LogP contribution in [-0.2, 0) is 0 Å². The summed E-state index contributed by atoms with van der Waals surface area (Å²) in [5, 5.41) is 0.647. The van der Waals surface area contributed by atoms with Gasteiger partial charge in [0.2, 0.25) is 5.95 Å². The first-order chi connectivity index (χ1) is 9.47. The molecule has 1 heterocycles. The summed E-state index contributed by atoms with van der Waals surface area (Å²) in [5.41, 5.74) is 8.71. The SMILES string of the molecule is Cc1ccc(-n2c(N)nc3cc(F)c(Cl)cc32)cc1Cl. The molecule has 0 aliphatic rings. The molecule has 102 valence electrons. The molecule has 0 radical (unpaired) electrons. The van der Waals surface area contributed by atoms with Gasteiger partial charge >= 0.3 is 0 Å². The number of nitrogens with two attached hydrogens (primary N) is 1. The summed E-state index contributed by atoms with van der Waals surface area (Å²) in [5.74, 6) is -0.271. The molecule has 1 aromatic heterocycles. The number of benzene rings is 2. The van der Waals surface area contributed by atoms with Crippen molar-refractivity contribution in [3.8, 4) is 5.69 Å². The molecule has 2 aromatic carbocycles. The van der Waals surface area contributed by atoms with Crippen LogP contribution in [0.1, 0.15) is 5.56 Å². The Morgan fingerprint density at radius 1 is 1.15 bits per heavy atom. The van der Waals surface area contributed by atoms with Gasteiger partial charge in [-0.25, -0.2) is 9.37 Å². The molecule has 0 fully saturated rings. The van der Waals surface area contributed by atoms with Crippen molar-refractivity contribution in [1.29, 1.82) is 0 Å². The number of fused-ring (bicyclic) bond motifs is 1. The molecule has 0 atom stereocenters. The van der Waals surface area contributed by atoms with E-state index >= 15 is 0 Å². The van der Waals surface area contributed by atoms with Crippen molar-refractivity contribution in [3.63, 3.8) is 0 Å². The minimum absolute atomic E-state index is 0.0249. The summed E-state index contributed by atoms with van der Waals surface area (Å²) >= 11 is 12.0. The second-order valence-electron chi connectivity index (χ2n) is 4.49. The van der Waals surface area contributed by atoms with Crippen LogP contribution >= 0.6 is 23.2 Å². The van der Waals surface area contributed by atoms with Gasteiger partial charge in [0.25, 0.3) is 0 Å². The van der Waals surface area contributed by atoms with E-state index in [9.17, 15) is 4.39 Å². The lowest BCUT2D eigenvalue weighted by Gasteiger charge is -2.08. The summed E-state index contributed by atoms with van der Waals surface area (Å²) in [6.45, 7) is 1.91. The van der Waals surface area contributed by atoms with Gasteiger partial charge in [-0.2, -0.15) is 0 Å². The molecular weight excluding hydrogens is 300 g/mol. The van der Waals surface area contributed by atoms with Gasteiger partial charge < -0.3 is 5.73 Å². The first kappa shape index (κ1) is 13.2. The van der Waals surface area contributed by atoms with Crippen molar-refractivity contribution >= 4 is 40.2 Å². The minimum Gasteiger partial charge on any atom is -0.369 e. The fourth-order valence-electron chi connectivity index (χ4n) is 2.08. The van der Waals surface area contributed by atoms with E-state index in [-0.39, 0.29) is 11.0 Å². The minimum atomic E-state index is -0.522. The molecule has 0 amide bonds. The molecule has 3 nitrogen and oxygen atoms in total. The molecule has 0 aliphatic carbocycles. The number of anilines is 1. The number of aromatic nitrogens is 2. The molecule has 0 aliphatic heterocycles. The lowest BCUT2D eigenvalue weighted by molar-refractivity contribution is 0.630. The summed E-state index contributed by atoms with van der Waals surface area (Å²) in [6.07, 6.45) is 0. The molecule has 0 bridgehead atoms. The van der Waals surface area contributed by atoms with Crippen LogP contribution in [0.3, 0.4) is 0 Å². The third kappa shape index (κ3) is 2.01. The van der Waals surface area contributed by atoms with Crippen molar-refractivity contribution in [1.82, 2.24) is 9.55 Å². The van der Waals surface area contributed by atoms with Crippen LogP contribution in [0.25, 0.3) is 16.7 Å². The number of imidazole rings is 1. The maximum absolute atomic E-state index is 13.5. The van der Waals surface area contributed by atoms with Crippen LogP contribution in [-0.4, -0.2) is 9.55 Å². The Morgan fingerprint density at radius 3 is 2.60 bits per heavy atom. The number of nitrogen functional groups attached to an aromatic ring is 1. The molecule has 3 aromatic rings. The van der Waals surface area contributed by atoms with Crippen LogP contribution in [0.15, 0.2) is 30.3 Å². The zero-order valence-electron chi connectivity index (χ0n) is 10.5. The molecule has 0 saturated carbocycles. The van der Waals surface area contributed by atoms with E-state index in [4.69, 9.17) is 28.9 Å². The molecular formula is C14H10Cl2FN3. The predicted octanol–water partition coefficient (Wildman–Crippen LogP) is 4.36. The zero-order chi connectivity index (χ0) is 14.4. The van der Waals surface area contributed by atoms with Gasteiger partial charge in [-0.15, -0.1) is 0 Å². The standard InChI is InChI=1S/C14H10Cl2FN3/c1-7-2-3-8(4-9(7)15)20-13-5-10(16)11(17)6-12(13)19-14(20)18/h2-6H,1H3,(H2,18,19). The van der Waals surface area contributed by atoms with Crippen molar-refractivity contribution in [3.05, 3.63) is 51.8 Å². The largest absolute Gasteiger partial charge is 0.369 e. The number of hydrogen-bond donors (Lipinski definition) is 1. The average molecular weight is 310 g/mol. The fraction of sp³-hybridized carbons (Fsp3) is 0.0714. The van der Waals surface area contributed by atoms with Gasteiger partial charge in [-0.3, -0.25) is 4.57 Å². The summed E-state index contributed by atoms with van der Waals surface area (Å²) in [7, 11) is 0. The van der Waals surface area contributed by atoms with E-state index in [1.807, 2.05) is 19.1 Å². The third-order valence-corrected chi connectivity index (χ3v) is 3.83. The van der Waals surface area contributed by atoms with Gasteiger partial charge in [-0.05, 0) is 30.7 Å². The van der Waals surface area contributed by atoms with Crippen LogP contribution in [0.2, 0.25) is 10.0 Å². The Kier molecular flexibility index (Phi) is 3.07. The van der Waals surface area contributed by atoms with E-state index in [1.165, 1.54) is 12.1 Å². The second kappa shape index (κ2) is 4.65. The molecule has 20 heavy (non-hydrogen) atoms. The summed E-state index contributed by atoms with van der Waals surface area (Å²) in [4.78, 5) is 4.14. The number of aryl methyl sites for hydroxylation is 1. The van der Waals surface area contributed by atoms with Gasteiger partial charge in [0.15, 0.2) is 0 Å². The number of rotatable bonds is 1. The second-order valence-corrected chi connectivity index (χ2v) is 5.31. The highest BCUT2D eigenvalue weighted by Crippen LogP contribution is 2.29. The topological polar surface area (TPSA) is 43.8 Å². The van der Waals surface area contributed by atoms with E-state index in [0.717, 1.165) is 11.3 Å². The summed E-state index contributed by atoms with van der Waals surface area (Å²) < 4.78 is 15.2. The van der Waals surface area contributed by atoms with Gasteiger partial charge in [0, 0.05) is 11.1 Å². The normalized spacial score (nSPS) is 11.2. The average Bonchev–Trinajstić information content (AvgIpc) is 2.69. The fourth-order valence-corrected chi connectivity index (χ4v) is 2.42. The van der Waals surface area contributed by atoms with Crippen LogP contribution < -0.4 is 5.73 Å². The molecule has 0 unspecified atom stereocenters. The van der Waals surface area contributed by atoms with Gasteiger partial charge in [0.05, 0.1) is 21.7 Å². The Balaban J connectivity index is 2.32. The van der Waals surface area contributed by atoms with Gasteiger partial charge in [-0.1, -0.05) is 29.3 Å². The van der Waals surface area contributed by atoms with Crippen molar-refractivity contribution in [2.24, 2.45) is 0 Å². The molecule has 6 heteroatoms. The molecule has 3 rings (SSSR count). The highest BCUT2D eigenvalue weighted by molar-refractivity contribution is 6.32. The Labute approximate surface area is 124 Å². The van der Waals surface area contributed by atoms with Crippen LogP contribution in [0.5, 0.6) is 0 Å². The Bertz CT molecular complexity index is 827. The highest BCUT2D eigenvalue weighted by atomic mass is 35.5. The highest BCUT2D eigenvalue weighted by Gasteiger charge is 2.13. The zero-order valence-corrected chi connectivity index (χ0v) is 12.0. The van der Waals surface area contributed by atoms with Crippen molar-refractivity contribution in [2.75, 3.05) is 5.73 Å². The maximum Gasteiger partial charge on any atom is 0.205 e. The Morgan fingerprint density at radius 2 is 1.90 bits per heavy atom. The van der Waals surface area contributed by atoms with Crippen LogP contribution in [0, 0.1) is 12.7 Å². The third-order valence-electron chi connectivity index (χ3n) is 3.14. The number of nitrogens with zero attached hydrogens (tertiary/aromatic N) is 2. The van der Waals surface area contributed by atoms with E-state index < -0.39 is 5.82 Å². The van der Waals surface area contributed by atoms with Crippen molar-refractivity contribution in [2.45, 2.75) is 6.92 Å². The maximum atomic E-state index is 13.5.